The Balaban J connectivity index is 3.80. The van der Waals surface area contributed by atoms with E-state index in [1.807, 2.05) is 13.8 Å². The molecule has 14 heavy (non-hydrogen) atoms. The Labute approximate surface area is 88.1 Å². The van der Waals surface area contributed by atoms with Gasteiger partial charge in [-0.05, 0) is 13.8 Å². The first-order valence-electron chi connectivity index (χ1n) is 5.37. The van der Waals surface area contributed by atoms with Crippen molar-refractivity contribution in [2.75, 3.05) is 27.2 Å². The molecule has 0 bridgehead atoms. The lowest BCUT2D eigenvalue weighted by Gasteiger charge is -2.34. The number of nitrogens with zero attached hydrogens (tertiary/aromatic N) is 1. The Hall–Kier alpha value is -0.570. The number of rotatable bonds is 5. The molecule has 84 valence electrons. The summed E-state index contributed by atoms with van der Waals surface area (Å²) in [6.45, 7) is 9.97. The Kier molecular flexibility index (Phi) is 5.13. The van der Waals surface area contributed by atoms with E-state index in [1.165, 1.54) is 0 Å². The van der Waals surface area contributed by atoms with Gasteiger partial charge in [-0.1, -0.05) is 13.8 Å². The van der Waals surface area contributed by atoms with Crippen molar-refractivity contribution < 1.29 is 9.28 Å². The second-order valence-corrected chi connectivity index (χ2v) is 5.04. The Morgan fingerprint density at radius 1 is 1.21 bits per heavy atom. The molecule has 3 nitrogen and oxygen atoms in total. The fourth-order valence-electron chi connectivity index (χ4n) is 0.930. The van der Waals surface area contributed by atoms with Crippen molar-refractivity contribution in [3.8, 4) is 0 Å². The third-order valence-electron chi connectivity index (χ3n) is 2.91. The molecule has 0 aromatic heterocycles. The van der Waals surface area contributed by atoms with Crippen molar-refractivity contribution in [3.63, 3.8) is 0 Å². The first kappa shape index (κ1) is 13.4. The van der Waals surface area contributed by atoms with Crippen molar-refractivity contribution in [1.82, 2.24) is 5.32 Å². The van der Waals surface area contributed by atoms with Crippen LogP contribution in [0, 0.1) is 5.92 Å². The molecule has 3 heteroatoms. The highest BCUT2D eigenvalue weighted by molar-refractivity contribution is 5.77. The summed E-state index contributed by atoms with van der Waals surface area (Å²) in [5.41, 5.74) is 0. The van der Waals surface area contributed by atoms with Crippen molar-refractivity contribution in [2.24, 2.45) is 5.92 Å². The van der Waals surface area contributed by atoms with Crippen LogP contribution in [0.5, 0.6) is 0 Å². The van der Waals surface area contributed by atoms with Crippen LogP contribution in [0.3, 0.4) is 0 Å². The van der Waals surface area contributed by atoms with Crippen LogP contribution in [0.2, 0.25) is 0 Å². The second kappa shape index (κ2) is 5.35. The topological polar surface area (TPSA) is 29.1 Å². The summed E-state index contributed by atoms with van der Waals surface area (Å²) in [6.07, 6.45) is 0. The minimum absolute atomic E-state index is 0.0877. The van der Waals surface area contributed by atoms with Crippen LogP contribution in [-0.4, -0.2) is 43.6 Å². The maximum absolute atomic E-state index is 11.3. The molecule has 0 saturated carbocycles. The van der Waals surface area contributed by atoms with Gasteiger partial charge in [0, 0.05) is 5.92 Å². The lowest BCUT2D eigenvalue weighted by Crippen LogP contribution is -2.50. The van der Waals surface area contributed by atoms with Gasteiger partial charge < -0.3 is 9.80 Å². The van der Waals surface area contributed by atoms with E-state index in [1.54, 1.807) is 0 Å². The van der Waals surface area contributed by atoms with E-state index in [0.717, 1.165) is 17.6 Å². The molecular weight excluding hydrogens is 176 g/mol. The van der Waals surface area contributed by atoms with Crippen molar-refractivity contribution in [3.05, 3.63) is 0 Å². The number of likely N-dealkylation sites (N-methyl/N-ethyl adjacent to an activating group) is 1. The summed E-state index contributed by atoms with van der Waals surface area (Å²) in [7, 11) is 4.37. The molecule has 0 fully saturated rings. The molecule has 1 N–H and O–H groups in total. The Morgan fingerprint density at radius 2 is 1.71 bits per heavy atom. The normalized spacial score (nSPS) is 12.3. The van der Waals surface area contributed by atoms with Gasteiger partial charge in [-0.25, -0.2) is 0 Å². The van der Waals surface area contributed by atoms with E-state index in [4.69, 9.17) is 0 Å². The molecule has 0 spiro atoms. The summed E-state index contributed by atoms with van der Waals surface area (Å²) in [6, 6.07) is 0.589. The van der Waals surface area contributed by atoms with E-state index in [0.29, 0.717) is 6.04 Å². The maximum atomic E-state index is 11.3. The largest absolute Gasteiger partial charge is 0.350 e. The number of nitrogens with one attached hydrogen (secondary N) is 1. The summed E-state index contributed by atoms with van der Waals surface area (Å²) in [5, 5.41) is 2.94. The number of quaternary nitrogens is 1. The molecule has 1 amide bonds. The predicted octanol–water partition coefficient (Wildman–Crippen LogP) is 1.24. The highest BCUT2D eigenvalue weighted by Crippen LogP contribution is 2.03. The van der Waals surface area contributed by atoms with Gasteiger partial charge in [0.15, 0.2) is 0 Å². The molecule has 0 aliphatic heterocycles. The zero-order valence-electron chi connectivity index (χ0n) is 10.4. The molecule has 0 aromatic carbocycles. The summed E-state index contributed by atoms with van der Waals surface area (Å²) in [5.74, 6) is 0.235. The van der Waals surface area contributed by atoms with Gasteiger partial charge in [-0.3, -0.25) is 4.79 Å². The lowest BCUT2D eigenvalue weighted by molar-refractivity contribution is -0.909. The molecule has 0 unspecified atom stereocenters. The number of hydrogen-bond acceptors (Lipinski definition) is 1. The smallest absolute Gasteiger partial charge is 0.222 e. The van der Waals surface area contributed by atoms with Gasteiger partial charge in [-0.2, -0.15) is 0 Å². The van der Waals surface area contributed by atoms with Gasteiger partial charge in [0.05, 0.1) is 33.2 Å². The van der Waals surface area contributed by atoms with Crippen molar-refractivity contribution >= 4 is 5.91 Å². The van der Waals surface area contributed by atoms with E-state index in [9.17, 15) is 4.79 Å². The highest BCUT2D eigenvalue weighted by atomic mass is 16.1. The molecule has 0 aromatic rings. The molecule has 0 radical (unpaired) electrons. The zero-order valence-corrected chi connectivity index (χ0v) is 10.4. The van der Waals surface area contributed by atoms with Crippen LogP contribution in [0.4, 0.5) is 0 Å². The molecule has 0 saturated heterocycles. The third-order valence-corrected chi connectivity index (χ3v) is 2.91. The first-order chi connectivity index (χ1) is 6.27. The lowest BCUT2D eigenvalue weighted by atomic mass is 10.2. The van der Waals surface area contributed by atoms with Gasteiger partial charge in [0.2, 0.25) is 5.91 Å². The molecule has 0 heterocycles. The van der Waals surface area contributed by atoms with Crippen LogP contribution < -0.4 is 5.32 Å². The predicted molar refractivity (Wildman–Crippen MR) is 60.0 cm³/mol. The quantitative estimate of drug-likeness (QED) is 0.666. The minimum Gasteiger partial charge on any atom is -0.350 e. The molecule has 0 atom stereocenters. The van der Waals surface area contributed by atoms with Crippen LogP contribution in [0.25, 0.3) is 0 Å². The van der Waals surface area contributed by atoms with Crippen LogP contribution in [0.15, 0.2) is 0 Å². The van der Waals surface area contributed by atoms with E-state index in [2.05, 4.69) is 33.3 Å². The molecule has 0 rings (SSSR count). The van der Waals surface area contributed by atoms with Crippen LogP contribution in [-0.2, 0) is 4.79 Å². The average Bonchev–Trinajstić information content (AvgIpc) is 2.03. The standard InChI is InChI=1S/C11H24N2O/c1-9(2)11(14)12-7-8-13(5,6)10(3)4/h9-10H,7-8H2,1-6H3/p+1. The van der Waals surface area contributed by atoms with E-state index >= 15 is 0 Å². The summed E-state index contributed by atoms with van der Waals surface area (Å²) < 4.78 is 0.943. The average molecular weight is 201 g/mol. The van der Waals surface area contributed by atoms with Crippen LogP contribution in [0.1, 0.15) is 27.7 Å². The summed E-state index contributed by atoms with van der Waals surface area (Å²) >= 11 is 0. The number of carbonyl (C=O) groups is 1. The van der Waals surface area contributed by atoms with Crippen molar-refractivity contribution in [1.29, 1.82) is 0 Å². The second-order valence-electron chi connectivity index (χ2n) is 5.04. The fourth-order valence-corrected chi connectivity index (χ4v) is 0.930. The molecule has 0 aliphatic carbocycles. The third kappa shape index (κ3) is 4.61. The Bertz CT molecular complexity index is 186. The first-order valence-corrected chi connectivity index (χ1v) is 5.37. The Morgan fingerprint density at radius 3 is 2.07 bits per heavy atom. The SMILES string of the molecule is CC(C)C(=O)NCC[N+](C)(C)C(C)C. The highest BCUT2D eigenvalue weighted by Gasteiger charge is 2.19. The molecule has 0 aliphatic rings. The van der Waals surface area contributed by atoms with Crippen molar-refractivity contribution in [2.45, 2.75) is 33.7 Å². The van der Waals surface area contributed by atoms with Gasteiger partial charge in [0.25, 0.3) is 0 Å². The number of hydrogen-bond donors (Lipinski definition) is 1. The fraction of sp³-hybridized carbons (Fsp3) is 0.909. The molecular formula is C11H25N2O+. The van der Waals surface area contributed by atoms with Gasteiger partial charge >= 0.3 is 0 Å². The summed E-state index contributed by atoms with van der Waals surface area (Å²) in [4.78, 5) is 11.3. The zero-order chi connectivity index (χ0) is 11.4. The van der Waals surface area contributed by atoms with E-state index < -0.39 is 0 Å². The number of carbonyl (C=O) groups excluding carboxylic acids is 1. The monoisotopic (exact) mass is 201 g/mol. The minimum atomic E-state index is 0.0877. The van der Waals surface area contributed by atoms with Crippen LogP contribution >= 0.6 is 0 Å². The number of amides is 1. The van der Waals surface area contributed by atoms with E-state index in [-0.39, 0.29) is 11.8 Å². The maximum Gasteiger partial charge on any atom is 0.222 e. The van der Waals surface area contributed by atoms with Gasteiger partial charge in [-0.15, -0.1) is 0 Å². The van der Waals surface area contributed by atoms with Gasteiger partial charge in [0.1, 0.15) is 0 Å².